The third kappa shape index (κ3) is 1.54. The van der Waals surface area contributed by atoms with Crippen LogP contribution in [0.2, 0.25) is 0 Å². The Morgan fingerprint density at radius 1 is 0.938 bits per heavy atom. The molecule has 0 saturated carbocycles. The summed E-state index contributed by atoms with van der Waals surface area (Å²) < 4.78 is 62.1. The quantitative estimate of drug-likeness (QED) is 0.723. The van der Waals surface area contributed by atoms with Crippen LogP contribution in [0.25, 0.3) is 10.9 Å². The molecule has 1 nitrogen and oxygen atoms in total. The van der Waals surface area contributed by atoms with Crippen molar-refractivity contribution in [3.05, 3.63) is 36.0 Å². The van der Waals surface area contributed by atoms with Crippen LogP contribution in [0, 0.1) is 0 Å². The Kier molecular flexibility index (Phi) is 2.18. The average molecular weight is 235 g/mol. The number of rotatable bonds is 1. The molecule has 1 N–H and O–H groups in total. The van der Waals surface area contributed by atoms with Crippen molar-refractivity contribution in [1.29, 1.82) is 0 Å². The summed E-state index contributed by atoms with van der Waals surface area (Å²) in [5.74, 6) is -4.86. The van der Waals surface area contributed by atoms with Gasteiger partial charge in [-0.3, -0.25) is 0 Å². The minimum absolute atomic E-state index is 0.251. The van der Waals surface area contributed by atoms with E-state index in [1.165, 1.54) is 12.1 Å². The van der Waals surface area contributed by atoms with Gasteiger partial charge in [-0.25, -0.2) is 0 Å². The zero-order valence-corrected chi connectivity index (χ0v) is 7.78. The molecule has 0 bridgehead atoms. The lowest BCUT2D eigenvalue weighted by Crippen LogP contribution is -2.33. The standard InChI is InChI=1S/C10H6F5N/c11-9(12,10(13,14)15)8-5-6-3-1-2-4-7(6)16-8/h1-5,16H. The molecule has 86 valence electrons. The van der Waals surface area contributed by atoms with Crippen LogP contribution in [0.5, 0.6) is 0 Å². The molecule has 0 aliphatic carbocycles. The Balaban J connectivity index is 2.56. The van der Waals surface area contributed by atoms with E-state index >= 15 is 0 Å². The van der Waals surface area contributed by atoms with E-state index in [2.05, 4.69) is 4.98 Å². The smallest absolute Gasteiger partial charge is 0.353 e. The third-order valence-electron chi connectivity index (χ3n) is 2.22. The molecule has 0 saturated heterocycles. The normalized spacial score (nSPS) is 13.3. The molecule has 0 aliphatic rings. The summed E-state index contributed by atoms with van der Waals surface area (Å²) in [4.78, 5) is 2.07. The Morgan fingerprint density at radius 2 is 1.56 bits per heavy atom. The molecule has 6 heteroatoms. The van der Waals surface area contributed by atoms with E-state index in [-0.39, 0.29) is 5.52 Å². The van der Waals surface area contributed by atoms with Gasteiger partial charge in [0.1, 0.15) is 0 Å². The first-order chi connectivity index (χ1) is 7.32. The van der Waals surface area contributed by atoms with Gasteiger partial charge < -0.3 is 4.98 Å². The Labute approximate surface area is 86.9 Å². The molecule has 0 radical (unpaired) electrons. The summed E-state index contributed by atoms with van der Waals surface area (Å²) >= 11 is 0. The number of aromatic nitrogens is 1. The van der Waals surface area contributed by atoms with E-state index < -0.39 is 17.8 Å². The van der Waals surface area contributed by atoms with Crippen LogP contribution in [0.4, 0.5) is 22.0 Å². The second-order valence-corrected chi connectivity index (χ2v) is 3.34. The Hall–Kier alpha value is -1.59. The van der Waals surface area contributed by atoms with Gasteiger partial charge in [-0.2, -0.15) is 22.0 Å². The first-order valence-corrected chi connectivity index (χ1v) is 4.35. The number of benzene rings is 1. The van der Waals surface area contributed by atoms with Crippen LogP contribution in [0.3, 0.4) is 0 Å². The number of H-pyrrole nitrogens is 1. The van der Waals surface area contributed by atoms with Gasteiger partial charge in [0, 0.05) is 5.52 Å². The van der Waals surface area contributed by atoms with Gasteiger partial charge in [0.05, 0.1) is 5.69 Å². The summed E-state index contributed by atoms with van der Waals surface area (Å²) in [5, 5.41) is 0.321. The van der Waals surface area contributed by atoms with Crippen LogP contribution in [-0.2, 0) is 5.92 Å². The highest BCUT2D eigenvalue weighted by Crippen LogP contribution is 2.43. The van der Waals surface area contributed by atoms with Crippen molar-refractivity contribution in [3.63, 3.8) is 0 Å². The van der Waals surface area contributed by atoms with Crippen LogP contribution in [-0.4, -0.2) is 11.2 Å². The third-order valence-corrected chi connectivity index (χ3v) is 2.22. The van der Waals surface area contributed by atoms with Crippen molar-refractivity contribution < 1.29 is 22.0 Å². The monoisotopic (exact) mass is 235 g/mol. The highest BCUT2D eigenvalue weighted by molar-refractivity contribution is 5.80. The van der Waals surface area contributed by atoms with Crippen LogP contribution in [0.15, 0.2) is 30.3 Å². The predicted octanol–water partition coefficient (Wildman–Crippen LogP) is 3.82. The highest BCUT2D eigenvalue weighted by Gasteiger charge is 2.59. The Bertz CT molecular complexity index is 478. The lowest BCUT2D eigenvalue weighted by Gasteiger charge is -2.17. The van der Waals surface area contributed by atoms with Gasteiger partial charge in [0.2, 0.25) is 0 Å². The van der Waals surface area contributed by atoms with Crippen molar-refractivity contribution >= 4 is 10.9 Å². The Morgan fingerprint density at radius 3 is 2.12 bits per heavy atom. The highest BCUT2D eigenvalue weighted by atomic mass is 19.4. The van der Waals surface area contributed by atoms with Crippen LogP contribution >= 0.6 is 0 Å². The average Bonchev–Trinajstić information content (AvgIpc) is 2.59. The molecule has 0 aliphatic heterocycles. The molecule has 1 aromatic heterocycles. The molecule has 0 unspecified atom stereocenters. The SMILES string of the molecule is FC(F)(F)C(F)(F)c1cc2ccccc2[nH]1. The number of nitrogens with one attached hydrogen (secondary N) is 1. The van der Waals surface area contributed by atoms with Gasteiger partial charge in [0.25, 0.3) is 0 Å². The fourth-order valence-electron chi connectivity index (χ4n) is 1.40. The predicted molar refractivity (Wildman–Crippen MR) is 48.2 cm³/mol. The van der Waals surface area contributed by atoms with E-state index in [0.717, 1.165) is 6.07 Å². The number of aromatic amines is 1. The van der Waals surface area contributed by atoms with Crippen LogP contribution in [0.1, 0.15) is 5.69 Å². The number of para-hydroxylation sites is 1. The van der Waals surface area contributed by atoms with Crippen molar-refractivity contribution in [1.82, 2.24) is 4.98 Å². The minimum atomic E-state index is -5.59. The van der Waals surface area contributed by atoms with Gasteiger partial charge in [0.15, 0.2) is 0 Å². The first kappa shape index (κ1) is 10.9. The van der Waals surface area contributed by atoms with Gasteiger partial charge in [-0.15, -0.1) is 0 Å². The molecule has 0 atom stereocenters. The maximum Gasteiger partial charge on any atom is 0.459 e. The molecule has 2 aromatic rings. The molecule has 1 heterocycles. The van der Waals surface area contributed by atoms with E-state index in [0.29, 0.717) is 5.39 Å². The molecule has 0 spiro atoms. The van der Waals surface area contributed by atoms with E-state index in [1.807, 2.05) is 0 Å². The summed E-state index contributed by atoms with van der Waals surface area (Å²) in [6.45, 7) is 0. The molecule has 2 rings (SSSR count). The van der Waals surface area contributed by atoms with Crippen molar-refractivity contribution in [2.45, 2.75) is 12.1 Å². The second kappa shape index (κ2) is 3.20. The lowest BCUT2D eigenvalue weighted by atomic mass is 10.2. The summed E-state index contributed by atoms with van der Waals surface area (Å²) in [6, 6.07) is 6.82. The van der Waals surface area contributed by atoms with E-state index in [4.69, 9.17) is 0 Å². The van der Waals surface area contributed by atoms with Gasteiger partial charge in [-0.05, 0) is 17.5 Å². The van der Waals surface area contributed by atoms with Crippen molar-refractivity contribution in [3.8, 4) is 0 Å². The van der Waals surface area contributed by atoms with Gasteiger partial charge >= 0.3 is 12.1 Å². The first-order valence-electron chi connectivity index (χ1n) is 4.35. The fourth-order valence-corrected chi connectivity index (χ4v) is 1.40. The van der Waals surface area contributed by atoms with E-state index in [1.54, 1.807) is 12.1 Å². The molecule has 0 amide bonds. The number of hydrogen-bond acceptors (Lipinski definition) is 0. The lowest BCUT2D eigenvalue weighted by molar-refractivity contribution is -0.290. The summed E-state index contributed by atoms with van der Waals surface area (Å²) in [7, 11) is 0. The second-order valence-electron chi connectivity index (χ2n) is 3.34. The van der Waals surface area contributed by atoms with Crippen molar-refractivity contribution in [2.24, 2.45) is 0 Å². The van der Waals surface area contributed by atoms with Gasteiger partial charge in [-0.1, -0.05) is 18.2 Å². The molecular weight excluding hydrogens is 229 g/mol. The summed E-state index contributed by atoms with van der Waals surface area (Å²) in [6.07, 6.45) is -5.59. The zero-order valence-electron chi connectivity index (χ0n) is 7.78. The number of halogens is 5. The van der Waals surface area contributed by atoms with E-state index in [9.17, 15) is 22.0 Å². The molecule has 16 heavy (non-hydrogen) atoms. The number of fused-ring (bicyclic) bond motifs is 1. The van der Waals surface area contributed by atoms with Crippen molar-refractivity contribution in [2.75, 3.05) is 0 Å². The minimum Gasteiger partial charge on any atom is -0.353 e. The fraction of sp³-hybridized carbons (Fsp3) is 0.200. The molecule has 1 aromatic carbocycles. The maximum absolute atomic E-state index is 12.9. The zero-order chi connectivity index (χ0) is 12.0. The number of alkyl halides is 5. The molecule has 0 fully saturated rings. The maximum atomic E-state index is 12.9. The number of hydrogen-bond donors (Lipinski definition) is 1. The van der Waals surface area contributed by atoms with Crippen LogP contribution < -0.4 is 0 Å². The largest absolute Gasteiger partial charge is 0.459 e. The topological polar surface area (TPSA) is 15.8 Å². The summed E-state index contributed by atoms with van der Waals surface area (Å²) in [5.41, 5.74) is -0.886. The molecular formula is C10H6F5N.